The maximum atomic E-state index is 4.46. The standard InChI is InChI=1S/C18H25N5S/c1-3-17-14-22(11-12-24-17)18(19-2)20-13-15-5-7-16(8-6-15)23-10-4-9-21-23/h4-10,17H,3,11-14H2,1-2H3,(H,19,20). The van der Waals surface area contributed by atoms with Crippen LogP contribution in [0.3, 0.4) is 0 Å². The van der Waals surface area contributed by atoms with Crippen molar-refractivity contribution in [2.24, 2.45) is 4.99 Å². The van der Waals surface area contributed by atoms with Crippen molar-refractivity contribution in [3.63, 3.8) is 0 Å². The molecule has 24 heavy (non-hydrogen) atoms. The average molecular weight is 344 g/mol. The third-order valence-electron chi connectivity index (χ3n) is 4.26. The molecule has 2 heterocycles. The van der Waals surface area contributed by atoms with Gasteiger partial charge in [-0.15, -0.1) is 0 Å². The molecule has 5 nitrogen and oxygen atoms in total. The van der Waals surface area contributed by atoms with Crippen molar-refractivity contribution in [1.82, 2.24) is 20.0 Å². The van der Waals surface area contributed by atoms with Crippen molar-refractivity contribution >= 4 is 17.7 Å². The van der Waals surface area contributed by atoms with Gasteiger partial charge in [-0.3, -0.25) is 4.99 Å². The summed E-state index contributed by atoms with van der Waals surface area (Å²) in [6.07, 6.45) is 4.96. The van der Waals surface area contributed by atoms with Crippen LogP contribution in [0.25, 0.3) is 5.69 Å². The van der Waals surface area contributed by atoms with Gasteiger partial charge in [0.1, 0.15) is 0 Å². The molecule has 0 bridgehead atoms. The van der Waals surface area contributed by atoms with E-state index in [0.29, 0.717) is 5.25 Å². The maximum Gasteiger partial charge on any atom is 0.193 e. The van der Waals surface area contributed by atoms with Crippen LogP contribution < -0.4 is 5.32 Å². The Balaban J connectivity index is 1.57. The fourth-order valence-corrected chi connectivity index (χ4v) is 4.04. The van der Waals surface area contributed by atoms with Crippen LogP contribution in [0.2, 0.25) is 0 Å². The van der Waals surface area contributed by atoms with E-state index < -0.39 is 0 Å². The Morgan fingerprint density at radius 1 is 1.38 bits per heavy atom. The van der Waals surface area contributed by atoms with E-state index in [9.17, 15) is 0 Å². The first-order valence-electron chi connectivity index (χ1n) is 8.46. The lowest BCUT2D eigenvalue weighted by molar-refractivity contribution is 0.408. The lowest BCUT2D eigenvalue weighted by atomic mass is 10.2. The monoisotopic (exact) mass is 343 g/mol. The summed E-state index contributed by atoms with van der Waals surface area (Å²) in [5, 5.41) is 8.47. The van der Waals surface area contributed by atoms with Crippen molar-refractivity contribution in [1.29, 1.82) is 0 Å². The molecule has 0 saturated carbocycles. The molecule has 1 atom stereocenters. The first-order valence-corrected chi connectivity index (χ1v) is 9.51. The summed E-state index contributed by atoms with van der Waals surface area (Å²) in [7, 11) is 1.87. The molecule has 0 radical (unpaired) electrons. The number of rotatable bonds is 4. The topological polar surface area (TPSA) is 45.5 Å². The molecule has 1 saturated heterocycles. The Bertz CT molecular complexity index is 651. The summed E-state index contributed by atoms with van der Waals surface area (Å²) in [4.78, 5) is 6.84. The first-order chi connectivity index (χ1) is 11.8. The molecular formula is C18H25N5S. The van der Waals surface area contributed by atoms with Gasteiger partial charge in [-0.05, 0) is 30.2 Å². The summed E-state index contributed by atoms with van der Waals surface area (Å²) in [5.41, 5.74) is 2.32. The van der Waals surface area contributed by atoms with Gasteiger partial charge in [0.05, 0.1) is 5.69 Å². The van der Waals surface area contributed by atoms with Crippen LogP contribution in [0.4, 0.5) is 0 Å². The molecule has 0 amide bonds. The Kier molecular flexibility index (Phi) is 5.80. The fraction of sp³-hybridized carbons (Fsp3) is 0.444. The van der Waals surface area contributed by atoms with Gasteiger partial charge < -0.3 is 10.2 Å². The zero-order chi connectivity index (χ0) is 16.8. The number of thioether (sulfide) groups is 1. The molecule has 1 unspecified atom stereocenters. The quantitative estimate of drug-likeness (QED) is 0.685. The highest BCUT2D eigenvalue weighted by Crippen LogP contribution is 2.21. The Labute approximate surface area is 148 Å². The number of nitrogens with zero attached hydrogens (tertiary/aromatic N) is 4. The smallest absolute Gasteiger partial charge is 0.193 e. The molecule has 1 aromatic carbocycles. The van der Waals surface area contributed by atoms with Gasteiger partial charge in [-0.1, -0.05) is 19.1 Å². The third kappa shape index (κ3) is 4.12. The summed E-state index contributed by atoms with van der Waals surface area (Å²) < 4.78 is 1.87. The van der Waals surface area contributed by atoms with E-state index in [1.165, 1.54) is 17.7 Å². The molecule has 0 aliphatic carbocycles. The van der Waals surface area contributed by atoms with Crippen LogP contribution in [0.15, 0.2) is 47.7 Å². The SMILES string of the molecule is CCC1CN(C(=NC)NCc2ccc(-n3cccn3)cc2)CCS1. The van der Waals surface area contributed by atoms with Crippen molar-refractivity contribution in [3.8, 4) is 5.69 Å². The lowest BCUT2D eigenvalue weighted by Gasteiger charge is -2.34. The van der Waals surface area contributed by atoms with Gasteiger partial charge in [0.15, 0.2) is 5.96 Å². The van der Waals surface area contributed by atoms with Crippen LogP contribution in [0, 0.1) is 0 Å². The van der Waals surface area contributed by atoms with Gasteiger partial charge in [0.2, 0.25) is 0 Å². The van der Waals surface area contributed by atoms with E-state index >= 15 is 0 Å². The number of hydrogen-bond acceptors (Lipinski definition) is 3. The largest absolute Gasteiger partial charge is 0.352 e. The van der Waals surface area contributed by atoms with Crippen molar-refractivity contribution in [3.05, 3.63) is 48.3 Å². The Morgan fingerprint density at radius 2 is 2.21 bits per heavy atom. The minimum atomic E-state index is 0.714. The van der Waals surface area contributed by atoms with Crippen molar-refractivity contribution in [2.75, 3.05) is 25.9 Å². The van der Waals surface area contributed by atoms with Crippen LogP contribution in [-0.2, 0) is 6.54 Å². The molecule has 6 heteroatoms. The Hall–Kier alpha value is -1.95. The molecule has 1 aliphatic heterocycles. The zero-order valence-corrected chi connectivity index (χ0v) is 15.2. The van der Waals surface area contributed by atoms with E-state index in [4.69, 9.17) is 0 Å². The van der Waals surface area contributed by atoms with Gasteiger partial charge in [0, 0.05) is 50.1 Å². The average Bonchev–Trinajstić information content (AvgIpc) is 3.18. The number of aliphatic imine (C=N–C) groups is 1. The second kappa shape index (κ2) is 8.24. The van der Waals surface area contributed by atoms with Crippen molar-refractivity contribution in [2.45, 2.75) is 25.1 Å². The van der Waals surface area contributed by atoms with E-state index in [2.05, 4.69) is 63.3 Å². The normalized spacial score (nSPS) is 18.7. The maximum absolute atomic E-state index is 4.46. The van der Waals surface area contributed by atoms with E-state index in [1.54, 1.807) is 6.20 Å². The molecular weight excluding hydrogens is 318 g/mol. The number of aromatic nitrogens is 2. The highest BCUT2D eigenvalue weighted by molar-refractivity contribution is 8.00. The molecule has 1 aliphatic rings. The van der Waals surface area contributed by atoms with Crippen LogP contribution in [-0.4, -0.2) is 51.8 Å². The van der Waals surface area contributed by atoms with Gasteiger partial charge in [-0.2, -0.15) is 16.9 Å². The summed E-state index contributed by atoms with van der Waals surface area (Å²) in [6, 6.07) is 10.4. The van der Waals surface area contributed by atoms with Crippen LogP contribution in [0.5, 0.6) is 0 Å². The van der Waals surface area contributed by atoms with E-state index in [-0.39, 0.29) is 0 Å². The lowest BCUT2D eigenvalue weighted by Crippen LogP contribution is -2.47. The highest BCUT2D eigenvalue weighted by atomic mass is 32.2. The van der Waals surface area contributed by atoms with Gasteiger partial charge in [-0.25, -0.2) is 4.68 Å². The predicted octanol–water partition coefficient (Wildman–Crippen LogP) is 2.78. The second-order valence-electron chi connectivity index (χ2n) is 5.86. The van der Waals surface area contributed by atoms with Crippen molar-refractivity contribution < 1.29 is 0 Å². The zero-order valence-electron chi connectivity index (χ0n) is 14.4. The molecule has 1 fully saturated rings. The highest BCUT2D eigenvalue weighted by Gasteiger charge is 2.21. The van der Waals surface area contributed by atoms with Gasteiger partial charge in [0.25, 0.3) is 0 Å². The number of guanidine groups is 1. The summed E-state index contributed by atoms with van der Waals surface area (Å²) >= 11 is 2.08. The van der Waals surface area contributed by atoms with E-state index in [1.807, 2.05) is 24.0 Å². The molecule has 128 valence electrons. The first kappa shape index (κ1) is 16.9. The molecule has 1 aromatic heterocycles. The van der Waals surface area contributed by atoms with Crippen LogP contribution in [0.1, 0.15) is 18.9 Å². The minimum Gasteiger partial charge on any atom is -0.352 e. The van der Waals surface area contributed by atoms with Gasteiger partial charge >= 0.3 is 0 Å². The molecule has 0 spiro atoms. The Morgan fingerprint density at radius 3 is 2.88 bits per heavy atom. The number of nitrogens with one attached hydrogen (secondary N) is 1. The predicted molar refractivity (Wildman–Crippen MR) is 102 cm³/mol. The van der Waals surface area contributed by atoms with Crippen LogP contribution >= 0.6 is 11.8 Å². The number of hydrogen-bond donors (Lipinski definition) is 1. The molecule has 1 N–H and O–H groups in total. The summed E-state index contributed by atoms with van der Waals surface area (Å²) in [6.45, 7) is 5.20. The second-order valence-corrected chi connectivity index (χ2v) is 7.27. The van der Waals surface area contributed by atoms with E-state index in [0.717, 1.165) is 31.3 Å². The molecule has 2 aromatic rings. The number of benzene rings is 1. The summed E-state index contributed by atoms with van der Waals surface area (Å²) in [5.74, 6) is 2.18. The minimum absolute atomic E-state index is 0.714. The fourth-order valence-electron chi connectivity index (χ4n) is 2.86. The third-order valence-corrected chi connectivity index (χ3v) is 5.63. The molecule has 3 rings (SSSR count).